The third-order valence-electron chi connectivity index (χ3n) is 12.8. The zero-order chi connectivity index (χ0) is 33.1. The Hall–Kier alpha value is -5.14. The highest BCUT2D eigenvalue weighted by Gasteiger charge is 2.58. The molecule has 0 bridgehead atoms. The summed E-state index contributed by atoms with van der Waals surface area (Å²) in [6.45, 7) is 9.89. The summed E-state index contributed by atoms with van der Waals surface area (Å²) in [6, 6.07) is 48.0. The first-order valence-corrected chi connectivity index (χ1v) is 18.1. The van der Waals surface area contributed by atoms with Crippen molar-refractivity contribution in [3.63, 3.8) is 0 Å². The van der Waals surface area contributed by atoms with E-state index in [2.05, 4.69) is 160 Å². The maximum absolute atomic E-state index is 2.73. The summed E-state index contributed by atoms with van der Waals surface area (Å²) in [7, 11) is 0. The van der Waals surface area contributed by atoms with E-state index in [0.717, 1.165) is 0 Å². The second-order valence-corrected chi connectivity index (χ2v) is 15.2. The van der Waals surface area contributed by atoms with Crippen molar-refractivity contribution in [1.82, 2.24) is 0 Å². The van der Waals surface area contributed by atoms with E-state index in [0.29, 0.717) is 0 Å². The molecule has 10 rings (SSSR count). The Morgan fingerprint density at radius 3 is 1.84 bits per heavy atom. The van der Waals surface area contributed by atoms with Crippen LogP contribution in [0.2, 0.25) is 0 Å². The lowest BCUT2D eigenvalue weighted by atomic mass is 9.60. The Morgan fingerprint density at radius 1 is 0.510 bits per heavy atom. The van der Waals surface area contributed by atoms with E-state index in [1.165, 1.54) is 114 Å². The molecule has 1 saturated carbocycles. The predicted octanol–water partition coefficient (Wildman–Crippen LogP) is 13.4. The van der Waals surface area contributed by atoms with Crippen molar-refractivity contribution in [3.05, 3.63) is 144 Å². The van der Waals surface area contributed by atoms with Gasteiger partial charge in [0.1, 0.15) is 0 Å². The van der Waals surface area contributed by atoms with Crippen molar-refractivity contribution >= 4 is 54.5 Å². The normalized spacial score (nSPS) is 20.4. The molecule has 238 valence electrons. The highest BCUT2D eigenvalue weighted by Crippen LogP contribution is 2.63. The molecule has 0 amide bonds. The first-order valence-electron chi connectivity index (χ1n) is 18.1. The summed E-state index contributed by atoms with van der Waals surface area (Å²) in [6.07, 6.45) is 5.00. The number of nitrogens with zero attached hydrogens (tertiary/aromatic N) is 1. The largest absolute Gasteiger partial charge is 0.334 e. The van der Waals surface area contributed by atoms with Gasteiger partial charge in [0.15, 0.2) is 0 Å². The Kier molecular flexibility index (Phi) is 6.00. The minimum Gasteiger partial charge on any atom is -0.334 e. The molecule has 0 aromatic heterocycles. The van der Waals surface area contributed by atoms with Gasteiger partial charge in [0.2, 0.25) is 0 Å². The van der Waals surface area contributed by atoms with Crippen LogP contribution in [-0.2, 0) is 5.41 Å². The van der Waals surface area contributed by atoms with Crippen LogP contribution in [-0.4, -0.2) is 5.54 Å². The smallest absolute Gasteiger partial charge is 0.0518 e. The molecule has 8 aromatic carbocycles. The fourth-order valence-electron chi connectivity index (χ4n) is 10.4. The average molecular weight is 632 g/mol. The number of hydrogen-bond acceptors (Lipinski definition) is 1. The minimum atomic E-state index is 0.0315. The second kappa shape index (κ2) is 10.2. The number of hydrogen-bond donors (Lipinski definition) is 0. The molecule has 0 N–H and O–H groups in total. The van der Waals surface area contributed by atoms with Gasteiger partial charge in [-0.25, -0.2) is 0 Å². The third-order valence-corrected chi connectivity index (χ3v) is 12.8. The van der Waals surface area contributed by atoms with Gasteiger partial charge < -0.3 is 4.90 Å². The first-order chi connectivity index (χ1) is 23.9. The number of para-hydroxylation sites is 1. The van der Waals surface area contributed by atoms with E-state index >= 15 is 0 Å². The van der Waals surface area contributed by atoms with Gasteiger partial charge in [-0.1, -0.05) is 129 Å². The third kappa shape index (κ3) is 3.77. The molecule has 1 fully saturated rings. The van der Waals surface area contributed by atoms with Crippen molar-refractivity contribution < 1.29 is 0 Å². The Bertz CT molecular complexity index is 2610. The molecule has 49 heavy (non-hydrogen) atoms. The number of anilines is 2. The minimum absolute atomic E-state index is 0.0315. The molecule has 8 aromatic rings. The van der Waals surface area contributed by atoms with E-state index in [1.54, 1.807) is 5.56 Å². The number of benzene rings is 8. The van der Waals surface area contributed by atoms with E-state index in [9.17, 15) is 0 Å². The zero-order valence-corrected chi connectivity index (χ0v) is 28.9. The molecule has 2 unspecified atom stereocenters. The highest BCUT2D eigenvalue weighted by atomic mass is 15.3. The van der Waals surface area contributed by atoms with E-state index < -0.39 is 0 Å². The molecule has 1 aliphatic carbocycles. The summed E-state index contributed by atoms with van der Waals surface area (Å²) in [5.74, 6) is 0. The van der Waals surface area contributed by atoms with E-state index in [1.807, 2.05) is 0 Å². The van der Waals surface area contributed by atoms with Gasteiger partial charge in [0.25, 0.3) is 0 Å². The van der Waals surface area contributed by atoms with E-state index in [-0.39, 0.29) is 11.0 Å². The van der Waals surface area contributed by atoms with Gasteiger partial charge in [-0.3, -0.25) is 0 Å². The summed E-state index contributed by atoms with van der Waals surface area (Å²) < 4.78 is 0. The first kappa shape index (κ1) is 28.8. The zero-order valence-electron chi connectivity index (χ0n) is 28.9. The van der Waals surface area contributed by atoms with Gasteiger partial charge in [0, 0.05) is 16.8 Å². The summed E-state index contributed by atoms with van der Waals surface area (Å²) in [4.78, 5) is 2.73. The van der Waals surface area contributed by atoms with Crippen molar-refractivity contribution in [2.24, 2.45) is 0 Å². The number of fused-ring (bicyclic) bond motifs is 4. The predicted molar refractivity (Wildman–Crippen MR) is 211 cm³/mol. The van der Waals surface area contributed by atoms with Gasteiger partial charge in [-0.15, -0.1) is 0 Å². The number of aryl methyl sites for hydroxylation is 1. The average Bonchev–Trinajstić information content (AvgIpc) is 3.36. The molecule has 2 atom stereocenters. The van der Waals surface area contributed by atoms with Crippen LogP contribution in [0.1, 0.15) is 56.2 Å². The molecular formula is C48H41N. The van der Waals surface area contributed by atoms with Crippen LogP contribution in [0.15, 0.2) is 127 Å². The van der Waals surface area contributed by atoms with Crippen LogP contribution in [0.25, 0.3) is 65.3 Å². The molecule has 1 heteroatoms. The molecular weight excluding hydrogens is 591 g/mol. The van der Waals surface area contributed by atoms with Crippen molar-refractivity contribution in [3.8, 4) is 22.3 Å². The monoisotopic (exact) mass is 631 g/mol. The van der Waals surface area contributed by atoms with Crippen LogP contribution >= 0.6 is 0 Å². The van der Waals surface area contributed by atoms with Crippen LogP contribution in [0.5, 0.6) is 0 Å². The molecule has 1 aliphatic heterocycles. The van der Waals surface area contributed by atoms with Gasteiger partial charge >= 0.3 is 0 Å². The molecule has 1 heterocycles. The Morgan fingerprint density at radius 2 is 1.10 bits per heavy atom. The summed E-state index contributed by atoms with van der Waals surface area (Å²) >= 11 is 0. The Balaban J connectivity index is 1.24. The Labute approximate surface area is 289 Å². The van der Waals surface area contributed by atoms with Crippen molar-refractivity contribution in [1.29, 1.82) is 0 Å². The lowest BCUT2D eigenvalue weighted by Gasteiger charge is -2.50. The molecule has 0 spiro atoms. The van der Waals surface area contributed by atoms with Crippen LogP contribution in [0, 0.1) is 13.8 Å². The lowest BCUT2D eigenvalue weighted by molar-refractivity contribution is 0.194. The SMILES string of the molecule is Cc1cc(-c2ccc3ccc4c(-c5cccc6ccccc56)ccc5ccc2c3c54)c(C)c2c1N(c1ccccc1)C1(C)CCCCC21C. The topological polar surface area (TPSA) is 3.24 Å². The molecule has 0 radical (unpaired) electrons. The maximum Gasteiger partial charge on any atom is 0.0518 e. The fourth-order valence-corrected chi connectivity index (χ4v) is 10.4. The second-order valence-electron chi connectivity index (χ2n) is 15.2. The molecule has 2 aliphatic rings. The summed E-state index contributed by atoms with van der Waals surface area (Å²) in [5, 5.41) is 10.6. The maximum atomic E-state index is 2.73. The van der Waals surface area contributed by atoms with Gasteiger partial charge in [-0.05, 0) is 134 Å². The molecule has 0 saturated heterocycles. The lowest BCUT2D eigenvalue weighted by Crippen LogP contribution is -2.54. The van der Waals surface area contributed by atoms with Crippen LogP contribution < -0.4 is 4.90 Å². The molecule has 1 nitrogen and oxygen atoms in total. The standard InChI is InChI=1S/C48H41N/c1-30-29-42(31(2)45-46(30)49(35-15-6-5-7-16-35)48(4)28-11-10-27-47(45,48)3)39-24-20-34-21-25-40-38(23-19-33-22-26-41(39)44(34)43(33)40)37-18-12-14-32-13-8-9-17-36(32)37/h5-9,12-26,29H,10-11,27-28H2,1-4H3. The van der Waals surface area contributed by atoms with E-state index in [4.69, 9.17) is 0 Å². The van der Waals surface area contributed by atoms with Crippen LogP contribution in [0.3, 0.4) is 0 Å². The van der Waals surface area contributed by atoms with Gasteiger partial charge in [-0.2, -0.15) is 0 Å². The van der Waals surface area contributed by atoms with Crippen LogP contribution in [0.4, 0.5) is 11.4 Å². The van der Waals surface area contributed by atoms with Crippen molar-refractivity contribution in [2.75, 3.05) is 4.90 Å². The highest BCUT2D eigenvalue weighted by molar-refractivity contribution is 6.28. The fraction of sp³-hybridized carbons (Fsp3) is 0.208. The van der Waals surface area contributed by atoms with Gasteiger partial charge in [0.05, 0.1) is 5.54 Å². The van der Waals surface area contributed by atoms with Crippen molar-refractivity contribution in [2.45, 2.75) is 64.3 Å². The number of rotatable bonds is 3. The quantitative estimate of drug-likeness (QED) is 0.175. The summed E-state index contributed by atoms with van der Waals surface area (Å²) in [5.41, 5.74) is 12.6.